The second-order valence-electron chi connectivity index (χ2n) is 4.51. The maximum absolute atomic E-state index is 11.9. The Morgan fingerprint density at radius 2 is 2.14 bits per heavy atom. The molecule has 0 aliphatic rings. The number of hydrogen-bond acceptors (Lipinski definition) is 5. The molecule has 116 valence electrons. The highest BCUT2D eigenvalue weighted by Gasteiger charge is 2.21. The van der Waals surface area contributed by atoms with E-state index in [-0.39, 0.29) is 24.3 Å². The zero-order valence-corrected chi connectivity index (χ0v) is 11.8. The summed E-state index contributed by atoms with van der Waals surface area (Å²) in [7, 11) is 0. The molecule has 1 amide bonds. The number of aliphatic hydroxyl groups is 1. The van der Waals surface area contributed by atoms with Gasteiger partial charge in [-0.15, -0.1) is 0 Å². The van der Waals surface area contributed by atoms with Crippen molar-refractivity contribution in [2.75, 3.05) is 6.61 Å². The smallest absolute Gasteiger partial charge is 0.326 e. The summed E-state index contributed by atoms with van der Waals surface area (Å²) in [6, 6.07) is 1.28. The van der Waals surface area contributed by atoms with Crippen LogP contribution in [0, 0.1) is 0 Å². The Labute approximate surface area is 121 Å². The molecule has 1 aromatic rings. The lowest BCUT2D eigenvalue weighted by Crippen LogP contribution is -2.42. The van der Waals surface area contributed by atoms with Gasteiger partial charge < -0.3 is 15.5 Å². The maximum atomic E-state index is 11.9. The Balaban J connectivity index is 2.86. The first-order chi connectivity index (χ1) is 9.99. The minimum Gasteiger partial charge on any atom is -0.480 e. The van der Waals surface area contributed by atoms with E-state index in [1.807, 2.05) is 6.92 Å². The van der Waals surface area contributed by atoms with Crippen LogP contribution in [-0.4, -0.2) is 44.5 Å². The monoisotopic (exact) mass is 297 g/mol. The average molecular weight is 297 g/mol. The molecule has 0 saturated heterocycles. The summed E-state index contributed by atoms with van der Waals surface area (Å²) >= 11 is 0. The van der Waals surface area contributed by atoms with E-state index in [2.05, 4.69) is 10.4 Å². The second-order valence-corrected chi connectivity index (χ2v) is 4.51. The first-order valence-corrected chi connectivity index (χ1v) is 6.72. The number of carboxylic acid groups (broad SMARTS) is 1. The van der Waals surface area contributed by atoms with Gasteiger partial charge in [-0.3, -0.25) is 9.59 Å². The molecule has 0 aromatic carbocycles. The summed E-state index contributed by atoms with van der Waals surface area (Å²) in [5.41, 5.74) is -0.347. The van der Waals surface area contributed by atoms with Crippen LogP contribution >= 0.6 is 0 Å². The minimum atomic E-state index is -1.24. The molecule has 1 rings (SSSR count). The number of nitrogens with one attached hydrogen (secondary N) is 1. The van der Waals surface area contributed by atoms with Crippen molar-refractivity contribution in [3.8, 4) is 0 Å². The lowest BCUT2D eigenvalue weighted by atomic mass is 10.2. The number of aromatic nitrogens is 2. The molecule has 1 heterocycles. The SMILES string of the molecule is CCCCn1nc(C(=O)NC(CCO)C(=O)O)ccc1=O. The lowest BCUT2D eigenvalue weighted by molar-refractivity contribution is -0.139. The molecule has 0 saturated carbocycles. The van der Waals surface area contributed by atoms with Crippen LogP contribution in [0.5, 0.6) is 0 Å². The van der Waals surface area contributed by atoms with Gasteiger partial charge >= 0.3 is 5.97 Å². The Morgan fingerprint density at radius 1 is 1.43 bits per heavy atom. The summed E-state index contributed by atoms with van der Waals surface area (Å²) in [4.78, 5) is 34.4. The molecule has 0 aliphatic carbocycles. The predicted molar refractivity (Wildman–Crippen MR) is 74.0 cm³/mol. The number of carbonyl (C=O) groups is 2. The van der Waals surface area contributed by atoms with Gasteiger partial charge in [0.2, 0.25) is 0 Å². The summed E-state index contributed by atoms with van der Waals surface area (Å²) < 4.78 is 1.18. The molecular formula is C13H19N3O5. The predicted octanol–water partition coefficient (Wildman–Crippen LogP) is -0.391. The van der Waals surface area contributed by atoms with Crippen molar-refractivity contribution in [2.24, 2.45) is 0 Å². The Morgan fingerprint density at radius 3 is 2.71 bits per heavy atom. The topological polar surface area (TPSA) is 122 Å². The molecule has 8 heteroatoms. The molecular weight excluding hydrogens is 278 g/mol. The van der Waals surface area contributed by atoms with Crippen LogP contribution < -0.4 is 10.9 Å². The van der Waals surface area contributed by atoms with Crippen molar-refractivity contribution in [1.29, 1.82) is 0 Å². The van der Waals surface area contributed by atoms with Crippen LogP contribution in [0.25, 0.3) is 0 Å². The van der Waals surface area contributed by atoms with Crippen molar-refractivity contribution in [3.63, 3.8) is 0 Å². The van der Waals surface area contributed by atoms with Crippen LogP contribution in [0.1, 0.15) is 36.7 Å². The number of hydrogen-bond donors (Lipinski definition) is 3. The molecule has 0 fully saturated rings. The Kier molecular flexibility index (Phi) is 6.54. The number of aliphatic carboxylic acids is 1. The van der Waals surface area contributed by atoms with Crippen molar-refractivity contribution < 1.29 is 19.8 Å². The summed E-state index contributed by atoms with van der Waals surface area (Å²) in [6.07, 6.45) is 1.53. The molecule has 0 spiro atoms. The van der Waals surface area contributed by atoms with Crippen LogP contribution in [0.2, 0.25) is 0 Å². The largest absolute Gasteiger partial charge is 0.480 e. The Hall–Kier alpha value is -2.22. The number of carboxylic acids is 1. The van der Waals surface area contributed by atoms with E-state index in [0.717, 1.165) is 12.8 Å². The molecule has 21 heavy (non-hydrogen) atoms. The number of nitrogens with zero attached hydrogens (tertiary/aromatic N) is 2. The van der Waals surface area contributed by atoms with E-state index >= 15 is 0 Å². The number of unbranched alkanes of at least 4 members (excludes halogenated alkanes) is 1. The third-order valence-electron chi connectivity index (χ3n) is 2.84. The molecule has 0 aliphatic heterocycles. The van der Waals surface area contributed by atoms with Crippen LogP contribution in [0.3, 0.4) is 0 Å². The normalized spacial score (nSPS) is 11.9. The van der Waals surface area contributed by atoms with E-state index < -0.39 is 17.9 Å². The van der Waals surface area contributed by atoms with Crippen molar-refractivity contribution >= 4 is 11.9 Å². The van der Waals surface area contributed by atoms with Crippen LogP contribution in [-0.2, 0) is 11.3 Å². The fraction of sp³-hybridized carbons (Fsp3) is 0.538. The van der Waals surface area contributed by atoms with E-state index in [9.17, 15) is 14.4 Å². The van der Waals surface area contributed by atoms with Crippen LogP contribution in [0.15, 0.2) is 16.9 Å². The highest BCUT2D eigenvalue weighted by atomic mass is 16.4. The van der Waals surface area contributed by atoms with Crippen LogP contribution in [0.4, 0.5) is 0 Å². The highest BCUT2D eigenvalue weighted by molar-refractivity contribution is 5.94. The number of rotatable bonds is 8. The van der Waals surface area contributed by atoms with E-state index in [1.54, 1.807) is 0 Å². The number of aryl methyl sites for hydroxylation is 1. The second kappa shape index (κ2) is 8.15. The lowest BCUT2D eigenvalue weighted by Gasteiger charge is -2.13. The highest BCUT2D eigenvalue weighted by Crippen LogP contribution is 1.98. The third kappa shape index (κ3) is 4.99. The molecule has 3 N–H and O–H groups in total. The van der Waals surface area contributed by atoms with Gasteiger partial charge in [0.1, 0.15) is 11.7 Å². The molecule has 0 bridgehead atoms. The average Bonchev–Trinajstić information content (AvgIpc) is 2.45. The van der Waals surface area contributed by atoms with Gasteiger partial charge in [-0.05, 0) is 12.5 Å². The van der Waals surface area contributed by atoms with Crippen molar-refractivity contribution in [2.45, 2.75) is 38.8 Å². The standard InChI is InChI=1S/C13H19N3O5/c1-2-3-7-16-11(18)5-4-9(15-16)12(19)14-10(6-8-17)13(20)21/h4-5,10,17H,2-3,6-8H2,1H3,(H,14,19)(H,20,21). The summed E-state index contributed by atoms with van der Waals surface area (Å²) in [5.74, 6) is -1.93. The van der Waals surface area contributed by atoms with Gasteiger partial charge in [-0.2, -0.15) is 5.10 Å². The molecule has 1 aromatic heterocycles. The van der Waals surface area contributed by atoms with Crippen molar-refractivity contribution in [1.82, 2.24) is 15.1 Å². The zero-order chi connectivity index (χ0) is 15.8. The van der Waals surface area contributed by atoms with Gasteiger partial charge in [-0.25, -0.2) is 9.48 Å². The minimum absolute atomic E-state index is 0.0325. The first-order valence-electron chi connectivity index (χ1n) is 6.72. The van der Waals surface area contributed by atoms with E-state index in [1.165, 1.54) is 16.8 Å². The number of carbonyl (C=O) groups excluding carboxylic acids is 1. The van der Waals surface area contributed by atoms with Crippen molar-refractivity contribution in [3.05, 3.63) is 28.2 Å². The Bertz CT molecular complexity index is 555. The molecule has 1 unspecified atom stereocenters. The van der Waals surface area contributed by atoms with Gasteiger partial charge in [0.25, 0.3) is 11.5 Å². The first kappa shape index (κ1) is 16.8. The van der Waals surface area contributed by atoms with Gasteiger partial charge in [0, 0.05) is 25.6 Å². The quantitative estimate of drug-likeness (QED) is 0.600. The molecule has 8 nitrogen and oxygen atoms in total. The van der Waals surface area contributed by atoms with Gasteiger partial charge in [0.15, 0.2) is 0 Å². The summed E-state index contributed by atoms with van der Waals surface area (Å²) in [6.45, 7) is 2.00. The number of aliphatic hydroxyl groups excluding tert-OH is 1. The third-order valence-corrected chi connectivity index (χ3v) is 2.84. The summed E-state index contributed by atoms with van der Waals surface area (Å²) in [5, 5.41) is 23.9. The van der Waals surface area contributed by atoms with E-state index in [4.69, 9.17) is 10.2 Å². The van der Waals surface area contributed by atoms with Gasteiger partial charge in [-0.1, -0.05) is 13.3 Å². The number of amides is 1. The maximum Gasteiger partial charge on any atom is 0.326 e. The molecule has 1 atom stereocenters. The zero-order valence-electron chi connectivity index (χ0n) is 11.8. The fourth-order valence-corrected chi connectivity index (χ4v) is 1.66. The fourth-order valence-electron chi connectivity index (χ4n) is 1.66. The van der Waals surface area contributed by atoms with E-state index in [0.29, 0.717) is 6.54 Å². The van der Waals surface area contributed by atoms with Gasteiger partial charge in [0.05, 0.1) is 0 Å². The molecule has 0 radical (unpaired) electrons.